The van der Waals surface area contributed by atoms with E-state index in [4.69, 9.17) is 5.73 Å². The Balaban J connectivity index is 1.97. The van der Waals surface area contributed by atoms with Crippen LogP contribution in [0.5, 0.6) is 0 Å². The molecule has 2 aliphatic carbocycles. The molecule has 0 aliphatic heterocycles. The molecule has 1 amide bonds. The summed E-state index contributed by atoms with van der Waals surface area (Å²) in [4.78, 5) is 11.3. The molecule has 108 valence electrons. The fourth-order valence-electron chi connectivity index (χ4n) is 2.74. The zero-order chi connectivity index (χ0) is 14.5. The molecular weight excluding hydrogens is 283 g/mol. The van der Waals surface area contributed by atoms with Crippen molar-refractivity contribution in [2.75, 3.05) is 0 Å². The number of primary amides is 1. The van der Waals surface area contributed by atoms with Crippen molar-refractivity contribution in [1.82, 2.24) is 4.72 Å². The van der Waals surface area contributed by atoms with Gasteiger partial charge in [-0.05, 0) is 43.4 Å². The highest BCUT2D eigenvalue weighted by Gasteiger charge is 2.39. The third-order valence-electron chi connectivity index (χ3n) is 3.87. The maximum absolute atomic E-state index is 14.0. The molecule has 1 atom stereocenters. The van der Waals surface area contributed by atoms with Gasteiger partial charge in [0, 0.05) is 11.1 Å². The van der Waals surface area contributed by atoms with Gasteiger partial charge >= 0.3 is 0 Å². The minimum absolute atomic E-state index is 0.269. The molecule has 1 aromatic carbocycles. The van der Waals surface area contributed by atoms with E-state index in [0.717, 1.165) is 0 Å². The largest absolute Gasteiger partial charge is 0.366 e. The molecular formula is C13H15FN2O3S. The summed E-state index contributed by atoms with van der Waals surface area (Å²) < 4.78 is 40.5. The maximum atomic E-state index is 14.0. The highest BCUT2D eigenvalue weighted by Crippen LogP contribution is 2.37. The molecule has 7 heteroatoms. The van der Waals surface area contributed by atoms with Crippen LogP contribution in [0.3, 0.4) is 0 Å². The van der Waals surface area contributed by atoms with Crippen LogP contribution in [0.15, 0.2) is 12.1 Å². The Morgan fingerprint density at radius 1 is 1.30 bits per heavy atom. The smallest absolute Gasteiger partial charge is 0.248 e. The molecule has 0 spiro atoms. The Hall–Kier alpha value is -1.47. The molecule has 0 heterocycles. The van der Waals surface area contributed by atoms with E-state index in [9.17, 15) is 17.6 Å². The van der Waals surface area contributed by atoms with Crippen molar-refractivity contribution in [3.05, 3.63) is 34.6 Å². The summed E-state index contributed by atoms with van der Waals surface area (Å²) in [5.74, 6) is -1.11. The Morgan fingerprint density at radius 2 is 2.00 bits per heavy atom. The fraction of sp³-hybridized carbons (Fsp3) is 0.462. The summed E-state index contributed by atoms with van der Waals surface area (Å²) in [5.41, 5.74) is 6.34. The number of benzene rings is 1. The number of carbonyl (C=O) groups excluding carboxylic acids is 1. The summed E-state index contributed by atoms with van der Waals surface area (Å²) in [6.07, 6.45) is 2.20. The van der Waals surface area contributed by atoms with Crippen LogP contribution >= 0.6 is 0 Å². The van der Waals surface area contributed by atoms with Crippen LogP contribution in [0.25, 0.3) is 0 Å². The molecule has 0 aromatic heterocycles. The zero-order valence-electron chi connectivity index (χ0n) is 10.7. The van der Waals surface area contributed by atoms with Crippen LogP contribution in [0, 0.1) is 5.82 Å². The van der Waals surface area contributed by atoms with Crippen molar-refractivity contribution in [3.63, 3.8) is 0 Å². The monoisotopic (exact) mass is 298 g/mol. The first-order valence-corrected chi connectivity index (χ1v) is 8.07. The second-order valence-electron chi connectivity index (χ2n) is 5.30. The lowest BCUT2D eigenvalue weighted by molar-refractivity contribution is 0.0999. The van der Waals surface area contributed by atoms with Crippen LogP contribution in [0.1, 0.15) is 46.8 Å². The summed E-state index contributed by atoms with van der Waals surface area (Å²) in [6, 6.07) is 1.92. The van der Waals surface area contributed by atoms with Crippen LogP contribution < -0.4 is 10.5 Å². The summed E-state index contributed by atoms with van der Waals surface area (Å²) in [6.45, 7) is 0. The SMILES string of the molecule is NC(=O)c1ccc(F)c2c1CCC2NS(=O)(=O)C1CC1. The minimum Gasteiger partial charge on any atom is -0.366 e. The first-order chi connectivity index (χ1) is 9.40. The van der Waals surface area contributed by atoms with Crippen LogP contribution in [-0.4, -0.2) is 19.6 Å². The summed E-state index contributed by atoms with van der Waals surface area (Å²) >= 11 is 0. The molecule has 1 aromatic rings. The van der Waals surface area contributed by atoms with Gasteiger partial charge in [-0.1, -0.05) is 0 Å². The van der Waals surface area contributed by atoms with Gasteiger partial charge in [0.25, 0.3) is 0 Å². The zero-order valence-corrected chi connectivity index (χ0v) is 11.5. The number of sulfonamides is 1. The van der Waals surface area contributed by atoms with E-state index >= 15 is 0 Å². The number of halogens is 1. The second-order valence-corrected chi connectivity index (χ2v) is 7.30. The average molecular weight is 298 g/mol. The molecule has 2 aliphatic rings. The Morgan fingerprint density at radius 3 is 2.60 bits per heavy atom. The molecule has 3 rings (SSSR count). The van der Waals surface area contributed by atoms with Crippen molar-refractivity contribution in [1.29, 1.82) is 0 Å². The van der Waals surface area contributed by atoms with Crippen molar-refractivity contribution < 1.29 is 17.6 Å². The molecule has 20 heavy (non-hydrogen) atoms. The van der Waals surface area contributed by atoms with Gasteiger partial charge in [0.05, 0.1) is 11.3 Å². The third kappa shape index (κ3) is 2.20. The van der Waals surface area contributed by atoms with Gasteiger partial charge in [0.1, 0.15) is 5.82 Å². The van der Waals surface area contributed by atoms with Gasteiger partial charge in [0.2, 0.25) is 15.9 Å². The first kappa shape index (κ1) is 13.5. The van der Waals surface area contributed by atoms with E-state index in [2.05, 4.69) is 4.72 Å². The third-order valence-corrected chi connectivity index (χ3v) is 5.83. The van der Waals surface area contributed by atoms with E-state index in [1.54, 1.807) is 0 Å². The van der Waals surface area contributed by atoms with Gasteiger partial charge in [-0.2, -0.15) is 0 Å². The molecule has 3 N–H and O–H groups in total. The predicted molar refractivity (Wildman–Crippen MR) is 71.1 cm³/mol. The Bertz CT molecular complexity index is 683. The van der Waals surface area contributed by atoms with E-state index < -0.39 is 27.8 Å². The standard InChI is InChI=1S/C13H15FN2O3S/c14-10-5-3-9(13(15)17)8-4-6-11(12(8)10)16-20(18,19)7-1-2-7/h3,5,7,11,16H,1-2,4,6H2,(H2,15,17). The Kier molecular flexibility index (Phi) is 3.06. The van der Waals surface area contributed by atoms with Crippen LogP contribution in [0.2, 0.25) is 0 Å². The molecule has 1 saturated carbocycles. The number of nitrogens with one attached hydrogen (secondary N) is 1. The minimum atomic E-state index is -3.40. The topological polar surface area (TPSA) is 89.3 Å². The molecule has 0 saturated heterocycles. The molecule has 0 radical (unpaired) electrons. The van der Waals surface area contributed by atoms with Crippen LogP contribution in [0.4, 0.5) is 4.39 Å². The maximum Gasteiger partial charge on any atom is 0.248 e. The normalized spacial score (nSPS) is 21.8. The quantitative estimate of drug-likeness (QED) is 0.868. The average Bonchev–Trinajstić information content (AvgIpc) is 3.14. The van der Waals surface area contributed by atoms with Crippen molar-refractivity contribution in [2.45, 2.75) is 37.0 Å². The lowest BCUT2D eigenvalue weighted by atomic mass is 10.0. The van der Waals surface area contributed by atoms with E-state index in [0.29, 0.717) is 31.2 Å². The molecule has 1 unspecified atom stereocenters. The molecule has 5 nitrogen and oxygen atoms in total. The number of amides is 1. The van der Waals surface area contributed by atoms with E-state index in [1.165, 1.54) is 12.1 Å². The number of rotatable bonds is 4. The number of nitrogens with two attached hydrogens (primary N) is 1. The van der Waals surface area contributed by atoms with Gasteiger partial charge in [-0.25, -0.2) is 17.5 Å². The highest BCUT2D eigenvalue weighted by atomic mass is 32.2. The summed E-state index contributed by atoms with van der Waals surface area (Å²) in [7, 11) is -3.40. The number of hydrogen-bond donors (Lipinski definition) is 2. The van der Waals surface area contributed by atoms with Gasteiger partial charge < -0.3 is 5.73 Å². The predicted octanol–water partition coefficient (Wildman–Crippen LogP) is 0.994. The van der Waals surface area contributed by atoms with Crippen molar-refractivity contribution in [2.24, 2.45) is 5.73 Å². The van der Waals surface area contributed by atoms with Crippen molar-refractivity contribution in [3.8, 4) is 0 Å². The summed E-state index contributed by atoms with van der Waals surface area (Å²) in [5, 5.41) is -0.353. The highest BCUT2D eigenvalue weighted by molar-refractivity contribution is 7.90. The molecule has 0 bridgehead atoms. The van der Waals surface area contributed by atoms with Gasteiger partial charge in [0.15, 0.2) is 0 Å². The first-order valence-electron chi connectivity index (χ1n) is 6.52. The number of carbonyl (C=O) groups is 1. The number of hydrogen-bond acceptors (Lipinski definition) is 3. The number of fused-ring (bicyclic) bond motifs is 1. The lowest BCUT2D eigenvalue weighted by Crippen LogP contribution is -2.30. The molecule has 1 fully saturated rings. The van der Waals surface area contributed by atoms with Gasteiger partial charge in [-0.15, -0.1) is 0 Å². The lowest BCUT2D eigenvalue weighted by Gasteiger charge is -2.15. The fourth-order valence-corrected chi connectivity index (χ4v) is 4.32. The Labute approximate surface area is 116 Å². The second kappa shape index (κ2) is 4.53. The van der Waals surface area contributed by atoms with Gasteiger partial charge in [-0.3, -0.25) is 4.79 Å². The van der Waals surface area contributed by atoms with E-state index in [-0.39, 0.29) is 16.4 Å². The van der Waals surface area contributed by atoms with E-state index in [1.807, 2.05) is 0 Å². The van der Waals surface area contributed by atoms with Crippen LogP contribution in [-0.2, 0) is 16.4 Å². The van der Waals surface area contributed by atoms with Crippen molar-refractivity contribution >= 4 is 15.9 Å².